The van der Waals surface area contributed by atoms with Gasteiger partial charge in [-0.25, -0.2) is 4.79 Å². The van der Waals surface area contributed by atoms with Crippen LogP contribution in [0.25, 0.3) is 0 Å². The summed E-state index contributed by atoms with van der Waals surface area (Å²) in [7, 11) is 0. The first-order valence-electron chi connectivity index (χ1n) is 6.45. The van der Waals surface area contributed by atoms with E-state index < -0.39 is 0 Å². The van der Waals surface area contributed by atoms with Crippen molar-refractivity contribution in [3.63, 3.8) is 0 Å². The van der Waals surface area contributed by atoms with Crippen molar-refractivity contribution in [3.05, 3.63) is 0 Å². The number of ether oxygens (including phenoxy) is 2. The van der Waals surface area contributed by atoms with E-state index in [0.717, 1.165) is 25.9 Å². The average molecular weight is 242 g/mol. The van der Waals surface area contributed by atoms with Crippen LogP contribution in [0, 0.1) is 5.92 Å². The Kier molecular flexibility index (Phi) is 4.23. The second-order valence-corrected chi connectivity index (χ2v) is 5.06. The number of nitrogens with zero attached hydrogens (tertiary/aromatic N) is 1. The number of rotatable bonds is 2. The first-order valence-corrected chi connectivity index (χ1v) is 6.45. The van der Waals surface area contributed by atoms with Crippen LogP contribution in [-0.4, -0.2) is 49.6 Å². The number of likely N-dealkylation sites (tertiary alicyclic amines) is 1. The Morgan fingerprint density at radius 3 is 2.71 bits per heavy atom. The fraction of sp³-hybridized carbons (Fsp3) is 0.917. The fourth-order valence-corrected chi connectivity index (χ4v) is 2.40. The standard InChI is InChI=1S/C12H22N2O3/c1-9(2)13-12(15)14-5-3-4-10(8-14)11-16-6-7-17-11/h9-11H,3-8H2,1-2H3,(H,13,15)/t10-/m1/s1. The van der Waals surface area contributed by atoms with Gasteiger partial charge in [-0.15, -0.1) is 0 Å². The largest absolute Gasteiger partial charge is 0.350 e. The van der Waals surface area contributed by atoms with Gasteiger partial charge in [0.15, 0.2) is 6.29 Å². The second-order valence-electron chi connectivity index (χ2n) is 5.06. The lowest BCUT2D eigenvalue weighted by Crippen LogP contribution is -2.49. The van der Waals surface area contributed by atoms with Crippen LogP contribution >= 0.6 is 0 Å². The predicted octanol–water partition coefficient (Wildman–Crippen LogP) is 1.19. The Hall–Kier alpha value is -0.810. The summed E-state index contributed by atoms with van der Waals surface area (Å²) in [5.41, 5.74) is 0. The maximum atomic E-state index is 11.9. The molecule has 1 N–H and O–H groups in total. The van der Waals surface area contributed by atoms with Crippen molar-refractivity contribution in [2.75, 3.05) is 26.3 Å². The number of carbonyl (C=O) groups excluding carboxylic acids is 1. The van der Waals surface area contributed by atoms with Crippen LogP contribution in [0.15, 0.2) is 0 Å². The van der Waals surface area contributed by atoms with Crippen LogP contribution in [0.5, 0.6) is 0 Å². The molecule has 2 aliphatic rings. The van der Waals surface area contributed by atoms with Gasteiger partial charge < -0.3 is 19.7 Å². The third-order valence-electron chi connectivity index (χ3n) is 3.19. The zero-order valence-corrected chi connectivity index (χ0v) is 10.6. The van der Waals surface area contributed by atoms with Crippen LogP contribution < -0.4 is 5.32 Å². The summed E-state index contributed by atoms with van der Waals surface area (Å²) < 4.78 is 11.0. The summed E-state index contributed by atoms with van der Waals surface area (Å²) >= 11 is 0. The molecule has 17 heavy (non-hydrogen) atoms. The maximum Gasteiger partial charge on any atom is 0.317 e. The van der Waals surface area contributed by atoms with E-state index >= 15 is 0 Å². The van der Waals surface area contributed by atoms with E-state index in [1.165, 1.54) is 0 Å². The molecule has 2 heterocycles. The summed E-state index contributed by atoms with van der Waals surface area (Å²) in [5, 5.41) is 2.93. The molecule has 5 heteroatoms. The Morgan fingerprint density at radius 1 is 1.35 bits per heavy atom. The van der Waals surface area contributed by atoms with Crippen molar-refractivity contribution < 1.29 is 14.3 Å². The Balaban J connectivity index is 1.85. The smallest absolute Gasteiger partial charge is 0.317 e. The van der Waals surface area contributed by atoms with Crippen molar-refractivity contribution in [1.82, 2.24) is 10.2 Å². The maximum absolute atomic E-state index is 11.9. The molecule has 2 saturated heterocycles. The van der Waals surface area contributed by atoms with E-state index in [-0.39, 0.29) is 18.4 Å². The molecule has 0 saturated carbocycles. The highest BCUT2D eigenvalue weighted by Crippen LogP contribution is 2.24. The third kappa shape index (κ3) is 3.33. The van der Waals surface area contributed by atoms with Crippen LogP contribution in [0.3, 0.4) is 0 Å². The number of hydrogen-bond acceptors (Lipinski definition) is 3. The van der Waals surface area contributed by atoms with Crippen LogP contribution in [0.4, 0.5) is 4.79 Å². The Labute approximate surface area is 102 Å². The third-order valence-corrected chi connectivity index (χ3v) is 3.19. The van der Waals surface area contributed by atoms with Crippen molar-refractivity contribution >= 4 is 6.03 Å². The molecule has 98 valence electrons. The van der Waals surface area contributed by atoms with Gasteiger partial charge in [0, 0.05) is 25.0 Å². The second kappa shape index (κ2) is 5.69. The molecule has 0 aliphatic carbocycles. The van der Waals surface area contributed by atoms with Crippen molar-refractivity contribution in [2.24, 2.45) is 5.92 Å². The van der Waals surface area contributed by atoms with Gasteiger partial charge in [0.1, 0.15) is 0 Å². The number of nitrogens with one attached hydrogen (secondary N) is 1. The molecule has 0 aromatic heterocycles. The molecule has 0 bridgehead atoms. The first-order chi connectivity index (χ1) is 8.16. The fourth-order valence-electron chi connectivity index (χ4n) is 2.40. The monoisotopic (exact) mass is 242 g/mol. The van der Waals surface area contributed by atoms with Crippen LogP contribution in [0.1, 0.15) is 26.7 Å². The molecule has 5 nitrogen and oxygen atoms in total. The normalized spacial score (nSPS) is 26.5. The summed E-state index contributed by atoms with van der Waals surface area (Å²) in [6.45, 7) is 6.88. The van der Waals surface area contributed by atoms with E-state index in [2.05, 4.69) is 5.32 Å². The number of hydrogen-bond donors (Lipinski definition) is 1. The topological polar surface area (TPSA) is 50.8 Å². The summed E-state index contributed by atoms with van der Waals surface area (Å²) in [4.78, 5) is 13.8. The zero-order chi connectivity index (χ0) is 12.3. The lowest BCUT2D eigenvalue weighted by atomic mass is 9.98. The zero-order valence-electron chi connectivity index (χ0n) is 10.6. The highest BCUT2D eigenvalue weighted by atomic mass is 16.7. The summed E-state index contributed by atoms with van der Waals surface area (Å²) in [6.07, 6.45) is 2.00. The molecule has 2 amide bonds. The van der Waals surface area contributed by atoms with Gasteiger partial charge in [-0.3, -0.25) is 0 Å². The van der Waals surface area contributed by atoms with Gasteiger partial charge in [-0.05, 0) is 26.7 Å². The predicted molar refractivity (Wildman–Crippen MR) is 63.7 cm³/mol. The molecule has 2 aliphatic heterocycles. The molecule has 1 atom stereocenters. The van der Waals surface area contributed by atoms with E-state index in [9.17, 15) is 4.79 Å². The van der Waals surface area contributed by atoms with Crippen molar-refractivity contribution in [2.45, 2.75) is 39.0 Å². The average Bonchev–Trinajstić information content (AvgIpc) is 2.82. The molecule has 0 unspecified atom stereocenters. The molecule has 0 aromatic rings. The lowest BCUT2D eigenvalue weighted by molar-refractivity contribution is -0.0963. The van der Waals surface area contributed by atoms with Gasteiger partial charge in [0.05, 0.1) is 13.2 Å². The van der Waals surface area contributed by atoms with Crippen LogP contribution in [-0.2, 0) is 9.47 Å². The number of piperidine rings is 1. The number of carbonyl (C=O) groups is 1. The molecule has 2 rings (SSSR count). The van der Waals surface area contributed by atoms with Gasteiger partial charge in [0.25, 0.3) is 0 Å². The van der Waals surface area contributed by atoms with Gasteiger partial charge in [-0.1, -0.05) is 0 Å². The Bertz CT molecular complexity index is 264. The van der Waals surface area contributed by atoms with Crippen molar-refractivity contribution in [1.29, 1.82) is 0 Å². The van der Waals surface area contributed by atoms with E-state index in [4.69, 9.17) is 9.47 Å². The quantitative estimate of drug-likeness (QED) is 0.791. The minimum Gasteiger partial charge on any atom is -0.350 e. The first kappa shape index (κ1) is 12.6. The van der Waals surface area contributed by atoms with Crippen molar-refractivity contribution in [3.8, 4) is 0 Å². The SMILES string of the molecule is CC(C)NC(=O)N1CCC[C@@H](C2OCCO2)C1. The molecule has 0 spiro atoms. The van der Waals surface area contributed by atoms with Gasteiger partial charge in [-0.2, -0.15) is 0 Å². The van der Waals surface area contributed by atoms with Crippen LogP contribution in [0.2, 0.25) is 0 Å². The Morgan fingerprint density at radius 2 is 2.06 bits per heavy atom. The molecular formula is C12H22N2O3. The van der Waals surface area contributed by atoms with Gasteiger partial charge >= 0.3 is 6.03 Å². The molecule has 0 radical (unpaired) electrons. The molecular weight excluding hydrogens is 220 g/mol. The lowest BCUT2D eigenvalue weighted by Gasteiger charge is -2.35. The number of urea groups is 1. The molecule has 0 aromatic carbocycles. The highest BCUT2D eigenvalue weighted by Gasteiger charge is 2.32. The van der Waals surface area contributed by atoms with E-state index in [1.54, 1.807) is 0 Å². The van der Waals surface area contributed by atoms with E-state index in [0.29, 0.717) is 19.1 Å². The minimum atomic E-state index is -0.107. The highest BCUT2D eigenvalue weighted by molar-refractivity contribution is 5.74. The number of amides is 2. The van der Waals surface area contributed by atoms with E-state index in [1.807, 2.05) is 18.7 Å². The summed E-state index contributed by atoms with van der Waals surface area (Å²) in [5.74, 6) is 0.323. The summed E-state index contributed by atoms with van der Waals surface area (Å²) in [6, 6.07) is 0.213. The van der Waals surface area contributed by atoms with Gasteiger partial charge in [0.2, 0.25) is 0 Å². The minimum absolute atomic E-state index is 0.0303. The molecule has 2 fully saturated rings.